The van der Waals surface area contributed by atoms with E-state index in [1.54, 1.807) is 0 Å². The van der Waals surface area contributed by atoms with Gasteiger partial charge in [0.25, 0.3) is 0 Å². The number of benzene rings is 1. The summed E-state index contributed by atoms with van der Waals surface area (Å²) < 4.78 is 0. The van der Waals surface area contributed by atoms with E-state index < -0.39 is 0 Å². The fourth-order valence-electron chi connectivity index (χ4n) is 2.82. The lowest BCUT2D eigenvalue weighted by atomic mass is 10.0. The molecule has 1 aromatic rings. The van der Waals surface area contributed by atoms with Crippen LogP contribution in [0, 0.1) is 16.7 Å². The highest BCUT2D eigenvalue weighted by molar-refractivity contribution is 5.55. The zero-order valence-electron chi connectivity index (χ0n) is 11.4. The first-order chi connectivity index (χ1) is 9.31. The van der Waals surface area contributed by atoms with E-state index in [1.165, 1.54) is 50.1 Å². The van der Waals surface area contributed by atoms with Gasteiger partial charge in [0.1, 0.15) is 0 Å². The summed E-state index contributed by atoms with van der Waals surface area (Å²) in [4.78, 5) is 2.45. The van der Waals surface area contributed by atoms with Gasteiger partial charge >= 0.3 is 0 Å². The van der Waals surface area contributed by atoms with Gasteiger partial charge in [-0.05, 0) is 49.9 Å². The summed E-state index contributed by atoms with van der Waals surface area (Å²) in [6, 6.07) is 11.0. The van der Waals surface area contributed by atoms with Gasteiger partial charge in [-0.1, -0.05) is 0 Å². The van der Waals surface area contributed by atoms with E-state index >= 15 is 0 Å². The largest absolute Gasteiger partial charge is 0.384 e. The Morgan fingerprint density at radius 3 is 2.42 bits per heavy atom. The molecule has 0 bridgehead atoms. The fourth-order valence-corrected chi connectivity index (χ4v) is 2.82. The van der Waals surface area contributed by atoms with Crippen molar-refractivity contribution in [1.29, 1.82) is 5.26 Å². The summed E-state index contributed by atoms with van der Waals surface area (Å²) in [7, 11) is 0. The minimum absolute atomic E-state index is 0.266. The van der Waals surface area contributed by atoms with Crippen LogP contribution < -0.4 is 10.2 Å². The van der Waals surface area contributed by atoms with Crippen LogP contribution >= 0.6 is 0 Å². The van der Waals surface area contributed by atoms with Gasteiger partial charge < -0.3 is 10.2 Å². The summed E-state index contributed by atoms with van der Waals surface area (Å²) in [6.45, 7) is 3.32. The number of hydrogen-bond acceptors (Lipinski definition) is 3. The number of nitrogens with zero attached hydrogens (tertiary/aromatic N) is 2. The summed E-state index contributed by atoms with van der Waals surface area (Å²) in [6.07, 6.45) is 5.71. The average Bonchev–Trinajstić information content (AvgIpc) is 3.00. The topological polar surface area (TPSA) is 39.1 Å². The maximum Gasteiger partial charge on any atom is 0.0628 e. The molecule has 1 N–H and O–H groups in total. The van der Waals surface area contributed by atoms with E-state index in [0.29, 0.717) is 6.42 Å². The van der Waals surface area contributed by atoms with Crippen LogP contribution in [0.1, 0.15) is 32.1 Å². The molecule has 1 aliphatic carbocycles. The lowest BCUT2D eigenvalue weighted by Crippen LogP contribution is -2.17. The van der Waals surface area contributed by atoms with Crippen molar-refractivity contribution in [2.75, 3.05) is 29.9 Å². The predicted molar refractivity (Wildman–Crippen MR) is 78.3 cm³/mol. The smallest absolute Gasteiger partial charge is 0.0628 e. The molecule has 3 heteroatoms. The molecule has 0 unspecified atom stereocenters. The van der Waals surface area contributed by atoms with Crippen molar-refractivity contribution in [3.63, 3.8) is 0 Å². The zero-order valence-corrected chi connectivity index (χ0v) is 11.4. The van der Waals surface area contributed by atoms with E-state index in [1.807, 2.05) is 0 Å². The Morgan fingerprint density at radius 1 is 1.16 bits per heavy atom. The maximum absolute atomic E-state index is 8.81. The minimum Gasteiger partial charge on any atom is -0.384 e. The molecule has 1 saturated carbocycles. The monoisotopic (exact) mass is 255 g/mol. The van der Waals surface area contributed by atoms with Crippen LogP contribution in [-0.4, -0.2) is 19.6 Å². The molecule has 0 aromatic heterocycles. The van der Waals surface area contributed by atoms with Crippen molar-refractivity contribution >= 4 is 11.4 Å². The molecular weight excluding hydrogens is 234 g/mol. The van der Waals surface area contributed by atoms with Gasteiger partial charge in [-0.3, -0.25) is 0 Å². The van der Waals surface area contributed by atoms with E-state index in [2.05, 4.69) is 40.6 Å². The van der Waals surface area contributed by atoms with E-state index in [-0.39, 0.29) is 5.41 Å². The number of nitrogens with one attached hydrogen (secondary N) is 1. The SMILES string of the molecule is N#CCC1(CNc2ccc(N3CCCC3)cc2)CC1. The molecule has 0 amide bonds. The molecule has 3 rings (SSSR count). The molecule has 0 atom stereocenters. The summed E-state index contributed by atoms with van der Waals surface area (Å²) in [5, 5.41) is 12.3. The second-order valence-corrected chi connectivity index (χ2v) is 5.93. The van der Waals surface area contributed by atoms with Crippen LogP contribution in [0.15, 0.2) is 24.3 Å². The Balaban J connectivity index is 1.56. The van der Waals surface area contributed by atoms with Crippen molar-refractivity contribution in [2.24, 2.45) is 5.41 Å². The van der Waals surface area contributed by atoms with Crippen molar-refractivity contribution in [1.82, 2.24) is 0 Å². The summed E-state index contributed by atoms with van der Waals surface area (Å²) in [5.41, 5.74) is 2.77. The first kappa shape index (κ1) is 12.3. The van der Waals surface area contributed by atoms with Crippen LogP contribution in [-0.2, 0) is 0 Å². The number of hydrogen-bond donors (Lipinski definition) is 1. The Kier molecular flexibility index (Phi) is 3.33. The maximum atomic E-state index is 8.81. The van der Waals surface area contributed by atoms with Crippen molar-refractivity contribution in [3.8, 4) is 6.07 Å². The highest BCUT2D eigenvalue weighted by Crippen LogP contribution is 2.48. The van der Waals surface area contributed by atoms with Gasteiger partial charge in [0.2, 0.25) is 0 Å². The number of nitriles is 1. The van der Waals surface area contributed by atoms with Gasteiger partial charge in [-0.25, -0.2) is 0 Å². The van der Waals surface area contributed by atoms with Crippen LogP contribution in [0.3, 0.4) is 0 Å². The van der Waals surface area contributed by atoms with Crippen LogP contribution in [0.4, 0.5) is 11.4 Å². The molecule has 1 heterocycles. The quantitative estimate of drug-likeness (QED) is 0.876. The highest BCUT2D eigenvalue weighted by Gasteiger charge is 2.42. The van der Waals surface area contributed by atoms with Crippen molar-refractivity contribution < 1.29 is 0 Å². The molecule has 19 heavy (non-hydrogen) atoms. The fraction of sp³-hybridized carbons (Fsp3) is 0.562. The lowest BCUT2D eigenvalue weighted by Gasteiger charge is -2.18. The minimum atomic E-state index is 0.266. The molecule has 0 spiro atoms. The van der Waals surface area contributed by atoms with Crippen molar-refractivity contribution in [3.05, 3.63) is 24.3 Å². The molecular formula is C16H21N3. The average molecular weight is 255 g/mol. The predicted octanol–water partition coefficient (Wildman–Crippen LogP) is 3.39. The van der Waals surface area contributed by atoms with E-state index in [0.717, 1.165) is 6.54 Å². The lowest BCUT2D eigenvalue weighted by molar-refractivity contribution is 0.557. The van der Waals surface area contributed by atoms with Gasteiger partial charge in [0.15, 0.2) is 0 Å². The second kappa shape index (κ2) is 5.13. The Labute approximate surface area is 115 Å². The molecule has 2 fully saturated rings. The molecule has 1 aromatic carbocycles. The summed E-state index contributed by atoms with van der Waals surface area (Å²) in [5.74, 6) is 0. The van der Waals surface area contributed by atoms with Crippen LogP contribution in [0.25, 0.3) is 0 Å². The molecule has 1 saturated heterocycles. The Bertz CT molecular complexity index is 462. The third kappa shape index (κ3) is 2.84. The van der Waals surface area contributed by atoms with Gasteiger partial charge in [0, 0.05) is 42.8 Å². The number of anilines is 2. The second-order valence-electron chi connectivity index (χ2n) is 5.93. The van der Waals surface area contributed by atoms with E-state index in [4.69, 9.17) is 5.26 Å². The van der Waals surface area contributed by atoms with Crippen LogP contribution in [0.5, 0.6) is 0 Å². The summed E-state index contributed by atoms with van der Waals surface area (Å²) >= 11 is 0. The van der Waals surface area contributed by atoms with Gasteiger partial charge in [-0.15, -0.1) is 0 Å². The standard InChI is InChI=1S/C16H21N3/c17-10-9-16(7-8-16)13-18-14-3-5-15(6-4-14)19-11-1-2-12-19/h3-6,18H,1-2,7-9,11-13H2. The first-order valence-corrected chi connectivity index (χ1v) is 7.27. The van der Waals surface area contributed by atoms with Gasteiger partial charge in [-0.2, -0.15) is 5.26 Å². The molecule has 0 radical (unpaired) electrons. The zero-order chi connectivity index (χ0) is 13.1. The highest BCUT2D eigenvalue weighted by atomic mass is 15.1. The molecule has 100 valence electrons. The van der Waals surface area contributed by atoms with Gasteiger partial charge in [0.05, 0.1) is 6.07 Å². The normalized spacial score (nSPS) is 20.1. The first-order valence-electron chi connectivity index (χ1n) is 7.27. The third-order valence-electron chi connectivity index (χ3n) is 4.42. The Morgan fingerprint density at radius 2 is 1.84 bits per heavy atom. The Hall–Kier alpha value is -1.69. The van der Waals surface area contributed by atoms with E-state index in [9.17, 15) is 0 Å². The third-order valence-corrected chi connectivity index (χ3v) is 4.42. The molecule has 3 nitrogen and oxygen atoms in total. The van der Waals surface area contributed by atoms with Crippen LogP contribution in [0.2, 0.25) is 0 Å². The van der Waals surface area contributed by atoms with Crippen molar-refractivity contribution in [2.45, 2.75) is 32.1 Å². The number of rotatable bonds is 5. The molecule has 1 aliphatic heterocycles. The molecule has 2 aliphatic rings.